The standard InChI is InChI=1S/C18H10N6O12/c25-19(26)9-4-5-12(15(8-9)22(31)32)16-13(20(27)28)7-6-11(18(16)24(35)36)10-2-1-3-14(21(29)30)17(10)23(33)34/h1-5,7-8,16H,6H2. The highest BCUT2D eigenvalue weighted by Gasteiger charge is 2.47. The zero-order valence-corrected chi connectivity index (χ0v) is 17.4. The molecular weight excluding hydrogens is 492 g/mol. The molecule has 1 atom stereocenters. The van der Waals surface area contributed by atoms with E-state index < -0.39 is 92.7 Å². The molecule has 3 rings (SSSR count). The van der Waals surface area contributed by atoms with Crippen molar-refractivity contribution in [2.24, 2.45) is 0 Å². The van der Waals surface area contributed by atoms with E-state index in [-0.39, 0.29) is 0 Å². The van der Waals surface area contributed by atoms with Gasteiger partial charge < -0.3 is 0 Å². The monoisotopic (exact) mass is 502 g/mol. The van der Waals surface area contributed by atoms with Crippen LogP contribution in [0, 0.1) is 60.7 Å². The lowest BCUT2D eigenvalue weighted by Gasteiger charge is -2.20. The van der Waals surface area contributed by atoms with E-state index in [2.05, 4.69) is 0 Å². The molecule has 0 heterocycles. The van der Waals surface area contributed by atoms with Gasteiger partial charge in [-0.3, -0.25) is 60.7 Å². The number of nitro groups is 6. The normalized spacial score (nSPS) is 15.1. The molecule has 18 nitrogen and oxygen atoms in total. The summed E-state index contributed by atoms with van der Waals surface area (Å²) in [6.45, 7) is 0. The van der Waals surface area contributed by atoms with Crippen molar-refractivity contribution in [2.45, 2.75) is 12.3 Å². The third kappa shape index (κ3) is 4.27. The predicted molar refractivity (Wildman–Crippen MR) is 116 cm³/mol. The molecule has 0 amide bonds. The number of non-ortho nitro benzene ring substituents is 1. The lowest BCUT2D eigenvalue weighted by molar-refractivity contribution is -0.455. The van der Waals surface area contributed by atoms with E-state index in [0.29, 0.717) is 6.07 Å². The van der Waals surface area contributed by atoms with E-state index in [1.54, 1.807) is 0 Å². The summed E-state index contributed by atoms with van der Waals surface area (Å²) in [5.74, 6) is -2.10. The predicted octanol–water partition coefficient (Wildman–Crippen LogP) is 3.66. The molecule has 184 valence electrons. The van der Waals surface area contributed by atoms with E-state index in [9.17, 15) is 60.7 Å². The third-order valence-corrected chi connectivity index (χ3v) is 5.25. The maximum Gasteiger partial charge on any atom is 0.353 e. The number of para-hydroxylation sites is 1. The van der Waals surface area contributed by atoms with Crippen LogP contribution >= 0.6 is 0 Å². The van der Waals surface area contributed by atoms with Crippen LogP contribution in [0.15, 0.2) is 53.9 Å². The maximum absolute atomic E-state index is 12.2. The van der Waals surface area contributed by atoms with Crippen molar-refractivity contribution in [3.63, 3.8) is 0 Å². The zero-order valence-electron chi connectivity index (χ0n) is 17.4. The van der Waals surface area contributed by atoms with Gasteiger partial charge in [0.15, 0.2) is 5.92 Å². The van der Waals surface area contributed by atoms with E-state index >= 15 is 0 Å². The summed E-state index contributed by atoms with van der Waals surface area (Å²) in [6.07, 6.45) is 0.187. The summed E-state index contributed by atoms with van der Waals surface area (Å²) < 4.78 is 0. The number of rotatable bonds is 8. The Morgan fingerprint density at radius 1 is 0.667 bits per heavy atom. The first-order valence-electron chi connectivity index (χ1n) is 9.43. The Morgan fingerprint density at radius 2 is 1.31 bits per heavy atom. The largest absolute Gasteiger partial charge is 0.353 e. The molecule has 0 spiro atoms. The topological polar surface area (TPSA) is 259 Å². The van der Waals surface area contributed by atoms with Crippen molar-refractivity contribution in [3.8, 4) is 0 Å². The van der Waals surface area contributed by atoms with Crippen molar-refractivity contribution in [1.29, 1.82) is 0 Å². The van der Waals surface area contributed by atoms with Crippen LogP contribution < -0.4 is 0 Å². The minimum absolute atomic E-state index is 0.467. The quantitative estimate of drug-likeness (QED) is 0.370. The minimum atomic E-state index is -2.10. The van der Waals surface area contributed by atoms with E-state index in [0.717, 1.165) is 36.4 Å². The number of nitro benzene ring substituents is 4. The molecule has 0 bridgehead atoms. The molecule has 2 aromatic rings. The van der Waals surface area contributed by atoms with Crippen LogP contribution in [-0.2, 0) is 0 Å². The zero-order chi connectivity index (χ0) is 26.9. The Bertz CT molecular complexity index is 1450. The van der Waals surface area contributed by atoms with Crippen LogP contribution in [0.25, 0.3) is 5.57 Å². The molecule has 2 aromatic carbocycles. The first-order valence-corrected chi connectivity index (χ1v) is 9.43. The Morgan fingerprint density at radius 3 is 1.81 bits per heavy atom. The van der Waals surface area contributed by atoms with Gasteiger partial charge in [0, 0.05) is 24.1 Å². The van der Waals surface area contributed by atoms with Crippen LogP contribution in [0.4, 0.5) is 22.7 Å². The number of hydrogen-bond acceptors (Lipinski definition) is 12. The Hall–Kier alpha value is -5.68. The average molecular weight is 502 g/mol. The third-order valence-electron chi connectivity index (χ3n) is 5.25. The highest BCUT2D eigenvalue weighted by Crippen LogP contribution is 2.48. The van der Waals surface area contributed by atoms with Crippen molar-refractivity contribution in [1.82, 2.24) is 0 Å². The molecule has 0 aliphatic heterocycles. The van der Waals surface area contributed by atoms with Crippen LogP contribution in [0.3, 0.4) is 0 Å². The van der Waals surface area contributed by atoms with Crippen LogP contribution in [0.1, 0.15) is 23.5 Å². The van der Waals surface area contributed by atoms with Crippen molar-refractivity contribution < 1.29 is 29.5 Å². The molecule has 0 radical (unpaired) electrons. The summed E-state index contributed by atoms with van der Waals surface area (Å²) in [7, 11) is 0. The molecular formula is C18H10N6O12. The van der Waals surface area contributed by atoms with Gasteiger partial charge in [-0.05, 0) is 18.2 Å². The molecule has 0 saturated carbocycles. The molecule has 36 heavy (non-hydrogen) atoms. The van der Waals surface area contributed by atoms with Crippen molar-refractivity contribution in [2.75, 3.05) is 0 Å². The smallest absolute Gasteiger partial charge is 0.259 e. The summed E-state index contributed by atoms with van der Waals surface area (Å²) in [5.41, 5.74) is -7.69. The molecule has 1 aliphatic carbocycles. The van der Waals surface area contributed by atoms with E-state index in [1.165, 1.54) is 0 Å². The first-order chi connectivity index (χ1) is 16.9. The van der Waals surface area contributed by atoms with Crippen LogP contribution in [0.5, 0.6) is 0 Å². The fourth-order valence-corrected chi connectivity index (χ4v) is 3.86. The van der Waals surface area contributed by atoms with Gasteiger partial charge in [-0.25, -0.2) is 0 Å². The number of nitrogens with zero attached hydrogens (tertiary/aromatic N) is 6. The lowest BCUT2D eigenvalue weighted by atomic mass is 9.81. The fourth-order valence-electron chi connectivity index (χ4n) is 3.86. The maximum atomic E-state index is 12.2. The highest BCUT2D eigenvalue weighted by atomic mass is 16.7. The fraction of sp³-hybridized carbons (Fsp3) is 0.111. The van der Waals surface area contributed by atoms with Gasteiger partial charge >= 0.3 is 11.4 Å². The van der Waals surface area contributed by atoms with E-state index in [4.69, 9.17) is 0 Å². The van der Waals surface area contributed by atoms with Gasteiger partial charge in [0.1, 0.15) is 0 Å². The average Bonchev–Trinajstić information content (AvgIpc) is 2.81. The number of benzene rings is 2. The highest BCUT2D eigenvalue weighted by molar-refractivity contribution is 5.81. The summed E-state index contributed by atoms with van der Waals surface area (Å²) in [5, 5.41) is 69.6. The summed E-state index contributed by atoms with van der Waals surface area (Å²) in [6, 6.07) is 4.73. The van der Waals surface area contributed by atoms with Gasteiger partial charge in [-0.2, -0.15) is 0 Å². The van der Waals surface area contributed by atoms with Gasteiger partial charge in [0.25, 0.3) is 22.8 Å². The number of allylic oxidation sites excluding steroid dienone is 2. The van der Waals surface area contributed by atoms with Crippen LogP contribution in [0.2, 0.25) is 0 Å². The molecule has 0 N–H and O–H groups in total. The van der Waals surface area contributed by atoms with Crippen molar-refractivity contribution in [3.05, 3.63) is 126 Å². The molecule has 18 heteroatoms. The lowest BCUT2D eigenvalue weighted by Crippen LogP contribution is -2.23. The first kappa shape index (κ1) is 25.0. The Balaban J connectivity index is 2.45. The Kier molecular flexibility index (Phi) is 6.44. The van der Waals surface area contributed by atoms with Crippen LogP contribution in [-0.4, -0.2) is 29.5 Å². The molecule has 0 saturated heterocycles. The second kappa shape index (κ2) is 9.29. The SMILES string of the molecule is O=[N+]([O-])C1=CCC(c2cccc([N+](=O)[O-])c2[N+](=O)[O-])=C([N+](=O)[O-])C1c1ccc([N+](=O)[O-])cc1[N+](=O)[O-]. The Labute approximate surface area is 196 Å². The second-order valence-electron chi connectivity index (χ2n) is 7.09. The van der Waals surface area contributed by atoms with Gasteiger partial charge in [0.05, 0.1) is 46.7 Å². The molecule has 0 aromatic heterocycles. The van der Waals surface area contributed by atoms with E-state index in [1.807, 2.05) is 0 Å². The molecule has 1 aliphatic rings. The summed E-state index contributed by atoms with van der Waals surface area (Å²) >= 11 is 0. The molecule has 0 fully saturated rings. The minimum Gasteiger partial charge on any atom is -0.259 e. The molecule has 1 unspecified atom stereocenters. The number of hydrogen-bond donors (Lipinski definition) is 0. The van der Waals surface area contributed by atoms with Crippen molar-refractivity contribution >= 4 is 28.3 Å². The van der Waals surface area contributed by atoms with Gasteiger partial charge in [-0.15, -0.1) is 0 Å². The van der Waals surface area contributed by atoms with Gasteiger partial charge in [-0.1, -0.05) is 6.07 Å². The van der Waals surface area contributed by atoms with Gasteiger partial charge in [0.2, 0.25) is 0 Å². The second-order valence-corrected chi connectivity index (χ2v) is 7.09. The summed E-state index contributed by atoms with van der Waals surface area (Å²) in [4.78, 5) is 63.1.